The monoisotopic (exact) mass is 230 g/mol. The minimum atomic E-state index is -0.383. The third-order valence-corrected chi connectivity index (χ3v) is 2.13. The number of rotatable bonds is 2. The zero-order valence-corrected chi connectivity index (χ0v) is 9.43. The second-order valence-corrected chi connectivity index (χ2v) is 3.19. The fraction of sp³-hybridized carbons (Fsp3) is 0.0769. The van der Waals surface area contributed by atoms with Gasteiger partial charge in [0.15, 0.2) is 0 Å². The smallest absolute Gasteiger partial charge is 0.314 e. The molecule has 0 atom stereocenters. The van der Waals surface area contributed by atoms with Crippen molar-refractivity contribution in [1.29, 1.82) is 0 Å². The van der Waals surface area contributed by atoms with Crippen LogP contribution in [0.3, 0.4) is 0 Å². The van der Waals surface area contributed by atoms with Crippen molar-refractivity contribution >= 4 is 0 Å². The molecule has 0 unspecified atom stereocenters. The highest BCUT2D eigenvalue weighted by atomic mass is 16.2. The molecule has 0 aliphatic heterocycles. The van der Waals surface area contributed by atoms with E-state index in [2.05, 4.69) is 18.1 Å². The lowest BCUT2D eigenvalue weighted by Crippen LogP contribution is -2.34. The summed E-state index contributed by atoms with van der Waals surface area (Å²) in [5.41, 5.74) is 0.255. The van der Waals surface area contributed by atoms with E-state index in [9.17, 15) is 9.59 Å². The maximum atomic E-state index is 11.4. The topological polar surface area (TPSA) is 54.9 Å². The van der Waals surface area contributed by atoms with Crippen molar-refractivity contribution in [1.82, 2.24) is 9.55 Å². The molecule has 0 saturated heterocycles. The second kappa shape index (κ2) is 6.27. The molecule has 1 heterocycles. The summed E-state index contributed by atoms with van der Waals surface area (Å²) < 4.78 is 1.16. The van der Waals surface area contributed by atoms with Gasteiger partial charge >= 0.3 is 5.69 Å². The number of benzene rings is 1. The van der Waals surface area contributed by atoms with E-state index in [4.69, 9.17) is 0 Å². The van der Waals surface area contributed by atoms with Gasteiger partial charge in [0.25, 0.3) is 5.56 Å². The van der Waals surface area contributed by atoms with Crippen molar-refractivity contribution in [3.63, 3.8) is 0 Å². The molecule has 0 spiro atoms. The predicted octanol–water partition coefficient (Wildman–Crippen LogP) is 1.39. The fourth-order valence-corrected chi connectivity index (χ4v) is 1.37. The Bertz CT molecular complexity index is 541. The number of aromatic nitrogens is 2. The molecule has 17 heavy (non-hydrogen) atoms. The lowest BCUT2D eigenvalue weighted by molar-refractivity contribution is 0.699. The lowest BCUT2D eigenvalue weighted by Gasteiger charge is -2.02. The van der Waals surface area contributed by atoms with Crippen LogP contribution in [-0.4, -0.2) is 9.55 Å². The maximum Gasteiger partial charge on any atom is 0.328 e. The normalized spacial score (nSPS) is 9.18. The van der Waals surface area contributed by atoms with Crippen LogP contribution in [0.4, 0.5) is 0 Å². The molecule has 1 N–H and O–H groups in total. The van der Waals surface area contributed by atoms with Gasteiger partial charge in [-0.25, -0.2) is 4.79 Å². The van der Waals surface area contributed by atoms with Crippen LogP contribution in [0, 0.1) is 0 Å². The van der Waals surface area contributed by atoms with E-state index >= 15 is 0 Å². The minimum absolute atomic E-state index is 0.289. The highest BCUT2D eigenvalue weighted by molar-refractivity contribution is 5.14. The summed E-state index contributed by atoms with van der Waals surface area (Å²) in [5, 5.41) is 0. The molecule has 0 aliphatic rings. The molecular weight excluding hydrogens is 216 g/mol. The van der Waals surface area contributed by atoms with Crippen LogP contribution >= 0.6 is 0 Å². The average Bonchev–Trinajstić information content (AvgIpc) is 2.38. The molecule has 1 aromatic carbocycles. The minimum Gasteiger partial charge on any atom is -0.314 e. The number of nitrogens with zero attached hydrogens (tertiary/aromatic N) is 1. The van der Waals surface area contributed by atoms with Crippen LogP contribution in [0.25, 0.3) is 0 Å². The summed E-state index contributed by atoms with van der Waals surface area (Å²) in [7, 11) is 0. The highest BCUT2D eigenvalue weighted by Crippen LogP contribution is 1.98. The standard InChI is InChI=1S/C11H10N2O2.C2H4/c14-10-6-7-12-11(15)13(10)8-9-4-2-1-3-5-9;1-2/h1-7H,8H2,(H,12,15);1-2H2. The molecule has 0 radical (unpaired) electrons. The summed E-state index contributed by atoms with van der Waals surface area (Å²) in [6, 6.07) is 10.7. The van der Waals surface area contributed by atoms with Crippen molar-refractivity contribution in [2.75, 3.05) is 0 Å². The van der Waals surface area contributed by atoms with Crippen molar-refractivity contribution < 1.29 is 0 Å². The quantitative estimate of drug-likeness (QED) is 0.792. The summed E-state index contributed by atoms with van der Waals surface area (Å²) in [6.45, 7) is 6.30. The number of aromatic amines is 1. The first kappa shape index (κ1) is 12.7. The van der Waals surface area contributed by atoms with Gasteiger partial charge in [0.2, 0.25) is 0 Å². The van der Waals surface area contributed by atoms with Gasteiger partial charge in [-0.2, -0.15) is 0 Å². The molecule has 0 aliphatic carbocycles. The van der Waals surface area contributed by atoms with E-state index in [0.717, 1.165) is 10.1 Å². The molecule has 0 saturated carbocycles. The molecule has 4 nitrogen and oxygen atoms in total. The molecule has 2 rings (SSSR count). The Kier molecular flexibility index (Phi) is 4.69. The van der Waals surface area contributed by atoms with Gasteiger partial charge in [-0.1, -0.05) is 30.3 Å². The van der Waals surface area contributed by atoms with E-state index in [0.29, 0.717) is 6.54 Å². The van der Waals surface area contributed by atoms with Crippen LogP contribution in [-0.2, 0) is 6.54 Å². The van der Waals surface area contributed by atoms with Gasteiger partial charge < -0.3 is 4.98 Å². The Balaban J connectivity index is 0.000000686. The Morgan fingerprint density at radius 3 is 2.29 bits per heavy atom. The van der Waals surface area contributed by atoms with E-state index < -0.39 is 0 Å². The zero-order valence-electron chi connectivity index (χ0n) is 9.43. The molecular formula is C13H14N2O2. The Morgan fingerprint density at radius 2 is 1.71 bits per heavy atom. The van der Waals surface area contributed by atoms with Crippen LogP contribution in [0.1, 0.15) is 5.56 Å². The molecule has 0 fully saturated rings. The second-order valence-electron chi connectivity index (χ2n) is 3.19. The van der Waals surface area contributed by atoms with E-state index in [-0.39, 0.29) is 11.2 Å². The third-order valence-electron chi connectivity index (χ3n) is 2.13. The molecule has 0 bridgehead atoms. The number of hydrogen-bond acceptors (Lipinski definition) is 2. The van der Waals surface area contributed by atoms with Gasteiger partial charge in [0, 0.05) is 12.3 Å². The van der Waals surface area contributed by atoms with Crippen LogP contribution in [0.5, 0.6) is 0 Å². The first-order valence-corrected chi connectivity index (χ1v) is 5.10. The summed E-state index contributed by atoms with van der Waals surface area (Å²) in [4.78, 5) is 25.2. The molecule has 1 aromatic heterocycles. The van der Waals surface area contributed by atoms with Gasteiger partial charge in [0.1, 0.15) is 0 Å². The lowest BCUT2D eigenvalue weighted by atomic mass is 10.2. The first-order valence-electron chi connectivity index (χ1n) is 5.10. The summed E-state index contributed by atoms with van der Waals surface area (Å²) in [6.07, 6.45) is 1.35. The molecule has 2 aromatic rings. The van der Waals surface area contributed by atoms with Gasteiger partial charge in [-0.15, -0.1) is 13.2 Å². The van der Waals surface area contributed by atoms with E-state index in [1.165, 1.54) is 12.3 Å². The van der Waals surface area contributed by atoms with Gasteiger partial charge in [-0.05, 0) is 5.56 Å². The largest absolute Gasteiger partial charge is 0.328 e. The molecule has 88 valence electrons. The number of nitrogens with one attached hydrogen (secondary N) is 1. The number of hydrogen-bond donors (Lipinski definition) is 1. The van der Waals surface area contributed by atoms with Crippen LogP contribution in [0.15, 0.2) is 65.3 Å². The van der Waals surface area contributed by atoms with Crippen molar-refractivity contribution in [3.8, 4) is 0 Å². The average molecular weight is 230 g/mol. The Labute approximate surface area is 98.9 Å². The molecule has 4 heteroatoms. The first-order chi connectivity index (χ1) is 8.27. The Morgan fingerprint density at radius 1 is 1.06 bits per heavy atom. The highest BCUT2D eigenvalue weighted by Gasteiger charge is 2.00. The SMILES string of the molecule is C=C.O=c1cc[nH]c(=O)n1Cc1ccccc1. The van der Waals surface area contributed by atoms with Crippen LogP contribution in [0.2, 0.25) is 0 Å². The summed E-state index contributed by atoms with van der Waals surface area (Å²) in [5.74, 6) is 0. The third kappa shape index (κ3) is 3.31. The van der Waals surface area contributed by atoms with Gasteiger partial charge in [-0.3, -0.25) is 9.36 Å². The van der Waals surface area contributed by atoms with E-state index in [1.54, 1.807) is 0 Å². The van der Waals surface area contributed by atoms with Crippen LogP contribution < -0.4 is 11.2 Å². The summed E-state index contributed by atoms with van der Waals surface area (Å²) >= 11 is 0. The predicted molar refractivity (Wildman–Crippen MR) is 68.1 cm³/mol. The maximum absolute atomic E-state index is 11.4. The van der Waals surface area contributed by atoms with Gasteiger partial charge in [0.05, 0.1) is 6.54 Å². The zero-order chi connectivity index (χ0) is 12.7. The van der Waals surface area contributed by atoms with Crippen molar-refractivity contribution in [3.05, 3.63) is 82.2 Å². The van der Waals surface area contributed by atoms with E-state index in [1.807, 2.05) is 30.3 Å². The van der Waals surface area contributed by atoms with Crippen molar-refractivity contribution in [2.45, 2.75) is 6.54 Å². The molecule has 0 amide bonds. The Hall–Kier alpha value is -2.36. The van der Waals surface area contributed by atoms with Crippen molar-refractivity contribution in [2.24, 2.45) is 0 Å². The fourth-order valence-electron chi connectivity index (χ4n) is 1.37. The number of H-pyrrole nitrogens is 1.